The maximum Gasteiger partial charge on any atom is 0.243 e. The zero-order chi connectivity index (χ0) is 19.4. The molecule has 1 aromatic rings. The summed E-state index contributed by atoms with van der Waals surface area (Å²) in [4.78, 5) is 13.5. The molecule has 6 rings (SSSR count). The normalized spacial score (nSPS) is 35.1. The SMILES string of the molecule is O=C(Nc1ccc(S(=O)(=O)N2CCCCC2)cc1)C12CC3CC(CC(C3)C1)C2. The molecule has 1 aliphatic heterocycles. The number of hydrogen-bond donors (Lipinski definition) is 1. The number of piperidine rings is 1. The van der Waals surface area contributed by atoms with Crippen LogP contribution >= 0.6 is 0 Å². The number of rotatable bonds is 4. The van der Waals surface area contributed by atoms with Crippen molar-refractivity contribution < 1.29 is 13.2 Å². The fourth-order valence-electron chi connectivity index (χ4n) is 6.62. The highest BCUT2D eigenvalue weighted by Gasteiger charge is 2.54. The summed E-state index contributed by atoms with van der Waals surface area (Å²) in [7, 11) is -3.42. The molecule has 1 saturated heterocycles. The van der Waals surface area contributed by atoms with Crippen molar-refractivity contribution in [3.8, 4) is 0 Å². The minimum atomic E-state index is -3.42. The van der Waals surface area contributed by atoms with Gasteiger partial charge in [0.15, 0.2) is 0 Å². The largest absolute Gasteiger partial charge is 0.326 e. The first-order chi connectivity index (χ1) is 13.4. The van der Waals surface area contributed by atoms with Gasteiger partial charge in [0.25, 0.3) is 0 Å². The average molecular weight is 403 g/mol. The topological polar surface area (TPSA) is 66.5 Å². The van der Waals surface area contributed by atoms with E-state index in [0.717, 1.165) is 56.3 Å². The van der Waals surface area contributed by atoms with Gasteiger partial charge in [0, 0.05) is 18.8 Å². The Bertz CT molecular complexity index is 821. The number of anilines is 1. The molecule has 4 bridgehead atoms. The molecule has 0 unspecified atom stereocenters. The van der Waals surface area contributed by atoms with Crippen LogP contribution in [0.2, 0.25) is 0 Å². The van der Waals surface area contributed by atoms with Crippen molar-refractivity contribution in [1.82, 2.24) is 4.31 Å². The summed E-state index contributed by atoms with van der Waals surface area (Å²) in [6, 6.07) is 6.77. The summed E-state index contributed by atoms with van der Waals surface area (Å²) < 4.78 is 27.2. The maximum atomic E-state index is 13.2. The van der Waals surface area contributed by atoms with E-state index in [0.29, 0.717) is 23.7 Å². The zero-order valence-electron chi connectivity index (χ0n) is 16.4. The van der Waals surface area contributed by atoms with Crippen LogP contribution in [0.15, 0.2) is 29.2 Å². The molecule has 1 aromatic carbocycles. The van der Waals surface area contributed by atoms with Gasteiger partial charge in [-0.2, -0.15) is 4.31 Å². The van der Waals surface area contributed by atoms with Crippen molar-refractivity contribution >= 4 is 21.6 Å². The molecule has 4 aliphatic carbocycles. The highest BCUT2D eigenvalue weighted by atomic mass is 32.2. The van der Waals surface area contributed by atoms with Crippen LogP contribution < -0.4 is 5.32 Å². The summed E-state index contributed by atoms with van der Waals surface area (Å²) in [5, 5.41) is 3.11. The Hall–Kier alpha value is -1.40. The van der Waals surface area contributed by atoms with Crippen molar-refractivity contribution in [2.75, 3.05) is 18.4 Å². The molecule has 28 heavy (non-hydrogen) atoms. The van der Waals surface area contributed by atoms with Gasteiger partial charge in [-0.1, -0.05) is 6.42 Å². The number of carbonyl (C=O) groups is 1. The van der Waals surface area contributed by atoms with Gasteiger partial charge in [0.2, 0.25) is 15.9 Å². The molecule has 5 nitrogen and oxygen atoms in total. The van der Waals surface area contributed by atoms with Gasteiger partial charge in [0.1, 0.15) is 0 Å². The lowest BCUT2D eigenvalue weighted by molar-refractivity contribution is -0.140. The van der Waals surface area contributed by atoms with Gasteiger partial charge in [-0.05, 0) is 93.4 Å². The molecule has 6 heteroatoms. The number of carbonyl (C=O) groups excluding carboxylic acids is 1. The summed E-state index contributed by atoms with van der Waals surface area (Å²) in [6.45, 7) is 1.21. The van der Waals surface area contributed by atoms with Crippen molar-refractivity contribution in [3.63, 3.8) is 0 Å². The van der Waals surface area contributed by atoms with E-state index < -0.39 is 10.0 Å². The van der Waals surface area contributed by atoms with Crippen molar-refractivity contribution in [2.24, 2.45) is 23.2 Å². The molecule has 0 spiro atoms. The Morgan fingerprint density at radius 2 is 1.43 bits per heavy atom. The second-order valence-corrected chi connectivity index (χ2v) is 11.6. The molecule has 5 aliphatic rings. The van der Waals surface area contributed by atoms with Crippen molar-refractivity contribution in [1.29, 1.82) is 0 Å². The van der Waals surface area contributed by atoms with Crippen LogP contribution in [-0.4, -0.2) is 31.7 Å². The molecule has 4 saturated carbocycles. The lowest BCUT2D eigenvalue weighted by Crippen LogP contribution is -2.51. The van der Waals surface area contributed by atoms with E-state index in [4.69, 9.17) is 0 Å². The third-order valence-electron chi connectivity index (χ3n) is 7.58. The number of hydrogen-bond acceptors (Lipinski definition) is 3. The summed E-state index contributed by atoms with van der Waals surface area (Å²) in [6.07, 6.45) is 10.0. The third-order valence-corrected chi connectivity index (χ3v) is 9.50. The van der Waals surface area contributed by atoms with Crippen LogP contribution in [0.4, 0.5) is 5.69 Å². The van der Waals surface area contributed by atoms with Gasteiger partial charge in [-0.15, -0.1) is 0 Å². The number of nitrogens with zero attached hydrogens (tertiary/aromatic N) is 1. The number of amides is 1. The zero-order valence-corrected chi connectivity index (χ0v) is 17.2. The van der Waals surface area contributed by atoms with E-state index in [1.165, 1.54) is 19.3 Å². The Morgan fingerprint density at radius 1 is 0.893 bits per heavy atom. The van der Waals surface area contributed by atoms with Crippen molar-refractivity contribution in [2.45, 2.75) is 62.7 Å². The van der Waals surface area contributed by atoms with E-state index >= 15 is 0 Å². The second-order valence-electron chi connectivity index (χ2n) is 9.64. The lowest BCUT2D eigenvalue weighted by atomic mass is 9.49. The van der Waals surface area contributed by atoms with Crippen LogP contribution in [0.3, 0.4) is 0 Å². The highest BCUT2D eigenvalue weighted by Crippen LogP contribution is 2.60. The molecule has 1 amide bonds. The number of benzene rings is 1. The lowest BCUT2D eigenvalue weighted by Gasteiger charge is -2.55. The minimum absolute atomic E-state index is 0.151. The van der Waals surface area contributed by atoms with Gasteiger partial charge < -0.3 is 5.32 Å². The Kier molecular flexibility index (Phi) is 4.55. The standard InChI is InChI=1S/C22H30N2O3S/c25-21(22-13-16-10-17(14-22)12-18(11-16)15-22)23-19-4-6-20(7-5-19)28(26,27)24-8-2-1-3-9-24/h4-7,16-18H,1-3,8-15H2,(H,23,25). The van der Waals surface area contributed by atoms with Gasteiger partial charge in [-0.3, -0.25) is 4.79 Å². The Labute approximate surface area is 167 Å². The first-order valence-electron chi connectivity index (χ1n) is 10.9. The predicted molar refractivity (Wildman–Crippen MR) is 108 cm³/mol. The fourth-order valence-corrected chi connectivity index (χ4v) is 8.13. The molecular weight excluding hydrogens is 372 g/mol. The molecular formula is C22H30N2O3S. The smallest absolute Gasteiger partial charge is 0.243 e. The van der Waals surface area contributed by atoms with Crippen LogP contribution in [-0.2, 0) is 14.8 Å². The molecule has 5 fully saturated rings. The molecule has 0 aromatic heterocycles. The maximum absolute atomic E-state index is 13.2. The number of sulfonamides is 1. The average Bonchev–Trinajstić information content (AvgIpc) is 2.68. The fraction of sp³-hybridized carbons (Fsp3) is 0.682. The van der Waals surface area contributed by atoms with E-state index in [-0.39, 0.29) is 11.3 Å². The summed E-state index contributed by atoms with van der Waals surface area (Å²) in [5.74, 6) is 2.34. The molecule has 152 valence electrons. The van der Waals surface area contributed by atoms with Crippen molar-refractivity contribution in [3.05, 3.63) is 24.3 Å². The Balaban J connectivity index is 1.29. The van der Waals surface area contributed by atoms with Crippen LogP contribution in [0, 0.1) is 23.2 Å². The first kappa shape index (κ1) is 18.6. The molecule has 0 atom stereocenters. The van der Waals surface area contributed by atoms with E-state index in [1.54, 1.807) is 28.6 Å². The van der Waals surface area contributed by atoms with Crippen LogP contribution in [0.5, 0.6) is 0 Å². The van der Waals surface area contributed by atoms with E-state index in [9.17, 15) is 13.2 Å². The Morgan fingerprint density at radius 3 is 1.96 bits per heavy atom. The molecule has 1 heterocycles. The first-order valence-corrected chi connectivity index (χ1v) is 12.3. The minimum Gasteiger partial charge on any atom is -0.326 e. The molecule has 1 N–H and O–H groups in total. The van der Waals surface area contributed by atoms with Gasteiger partial charge in [0.05, 0.1) is 10.3 Å². The second kappa shape index (κ2) is 6.84. The quantitative estimate of drug-likeness (QED) is 0.827. The van der Waals surface area contributed by atoms with Crippen LogP contribution in [0.1, 0.15) is 57.8 Å². The van der Waals surface area contributed by atoms with Gasteiger partial charge in [-0.25, -0.2) is 8.42 Å². The predicted octanol–water partition coefficient (Wildman–Crippen LogP) is 4.02. The van der Waals surface area contributed by atoms with E-state index in [1.807, 2.05) is 0 Å². The van der Waals surface area contributed by atoms with Gasteiger partial charge >= 0.3 is 0 Å². The van der Waals surface area contributed by atoms with Crippen LogP contribution in [0.25, 0.3) is 0 Å². The highest BCUT2D eigenvalue weighted by molar-refractivity contribution is 7.89. The number of nitrogens with one attached hydrogen (secondary N) is 1. The summed E-state index contributed by atoms with van der Waals surface area (Å²) >= 11 is 0. The van der Waals surface area contributed by atoms with E-state index in [2.05, 4.69) is 5.32 Å². The summed E-state index contributed by atoms with van der Waals surface area (Å²) in [5.41, 5.74) is 0.520. The third kappa shape index (κ3) is 3.18. The molecule has 0 radical (unpaired) electrons. The monoisotopic (exact) mass is 402 g/mol.